The maximum atomic E-state index is 9.13. The van der Waals surface area contributed by atoms with Gasteiger partial charge in [0.05, 0.1) is 0 Å². The summed E-state index contributed by atoms with van der Waals surface area (Å²) in [6, 6.07) is 49.1. The minimum absolute atomic E-state index is 0.0254. The van der Waals surface area contributed by atoms with Crippen LogP contribution < -0.4 is 26.2 Å². The molecule has 2 nitrogen and oxygen atoms in total. The second-order valence-corrected chi connectivity index (χ2v) is 21.9. The Hall–Kier alpha value is -5.80. The molecular weight excluding hydrogens is 759 g/mol. The molecule has 63 heavy (non-hydrogen) atoms. The Labute approximate surface area is 381 Å². The van der Waals surface area contributed by atoms with Crippen LogP contribution in [0.5, 0.6) is 0 Å². The first-order valence-corrected chi connectivity index (χ1v) is 23.1. The van der Waals surface area contributed by atoms with Crippen molar-refractivity contribution in [2.24, 2.45) is 0 Å². The third-order valence-corrected chi connectivity index (χ3v) is 15.6. The Balaban J connectivity index is 1.29. The van der Waals surface area contributed by atoms with Crippen LogP contribution in [0.3, 0.4) is 0 Å². The summed E-state index contributed by atoms with van der Waals surface area (Å²) in [7, 11) is 0. The molecule has 7 aromatic carbocycles. The van der Waals surface area contributed by atoms with Gasteiger partial charge in [0.25, 0.3) is 6.71 Å². The van der Waals surface area contributed by atoms with Gasteiger partial charge < -0.3 is 9.80 Å². The summed E-state index contributed by atoms with van der Waals surface area (Å²) in [4.78, 5) is 4.89. The zero-order valence-electron chi connectivity index (χ0n) is 41.8. The lowest BCUT2D eigenvalue weighted by molar-refractivity contribution is 0.332. The molecule has 0 N–H and O–H groups in total. The number of hydrogen-bond acceptors (Lipinski definition) is 2. The van der Waals surface area contributed by atoms with E-state index in [1.54, 1.807) is 0 Å². The van der Waals surface area contributed by atoms with Crippen LogP contribution in [-0.4, -0.2) is 6.71 Å². The van der Waals surface area contributed by atoms with E-state index in [0.717, 1.165) is 81.1 Å². The Kier molecular flexibility index (Phi) is 7.92. The molecule has 0 fully saturated rings. The summed E-state index contributed by atoms with van der Waals surface area (Å²) < 4.78 is 27.4. The molecule has 0 aromatic heterocycles. The van der Waals surface area contributed by atoms with E-state index in [-0.39, 0.29) is 28.4 Å². The number of benzene rings is 7. The third-order valence-electron chi connectivity index (χ3n) is 15.6. The molecule has 2 aliphatic heterocycles. The van der Waals surface area contributed by atoms with Crippen molar-refractivity contribution in [3.63, 3.8) is 0 Å². The smallest absolute Gasteiger partial charge is 0.252 e. The van der Waals surface area contributed by atoms with Gasteiger partial charge in [-0.15, -0.1) is 0 Å². The van der Waals surface area contributed by atoms with Gasteiger partial charge in [0.1, 0.15) is 0 Å². The number of anilines is 6. The molecule has 314 valence electrons. The number of nitrogens with zero attached hydrogens (tertiary/aromatic N) is 2. The molecule has 0 amide bonds. The number of fused-ring (bicyclic) bond motifs is 6. The Morgan fingerprint density at radius 2 is 0.921 bits per heavy atom. The number of aryl methyl sites for hydroxylation is 3. The van der Waals surface area contributed by atoms with Crippen LogP contribution in [0.25, 0.3) is 22.3 Å². The highest BCUT2D eigenvalue weighted by molar-refractivity contribution is 7.00. The Bertz CT molecular complexity index is 3140. The average Bonchev–Trinajstić information content (AvgIpc) is 3.46. The van der Waals surface area contributed by atoms with Gasteiger partial charge in [-0.1, -0.05) is 152 Å². The van der Waals surface area contributed by atoms with E-state index in [2.05, 4.69) is 200 Å². The van der Waals surface area contributed by atoms with Gasteiger partial charge in [0.2, 0.25) is 0 Å². The molecule has 0 radical (unpaired) electrons. The van der Waals surface area contributed by atoms with E-state index in [1.807, 2.05) is 12.1 Å². The van der Waals surface area contributed by atoms with Crippen LogP contribution >= 0.6 is 0 Å². The molecule has 3 heteroatoms. The van der Waals surface area contributed by atoms with Crippen molar-refractivity contribution >= 4 is 57.2 Å². The molecule has 0 saturated heterocycles. The molecule has 0 atom stereocenters. The predicted molar refractivity (Wildman–Crippen MR) is 272 cm³/mol. The first kappa shape index (κ1) is 36.7. The van der Waals surface area contributed by atoms with Crippen molar-refractivity contribution in [1.29, 1.82) is 0 Å². The van der Waals surface area contributed by atoms with Crippen LogP contribution in [0.4, 0.5) is 34.1 Å². The molecule has 0 saturated carbocycles. The maximum Gasteiger partial charge on any atom is 0.252 e. The summed E-state index contributed by atoms with van der Waals surface area (Å²) in [5.74, 6) is 0. The van der Waals surface area contributed by atoms with Crippen molar-refractivity contribution in [2.45, 2.75) is 117 Å². The molecule has 0 unspecified atom stereocenters. The highest BCUT2D eigenvalue weighted by Crippen LogP contribution is 2.55. The lowest BCUT2D eigenvalue weighted by Gasteiger charge is -2.48. The fraction of sp³-hybridized carbons (Fsp3) is 0.300. The standard InChI is InChI=1S/C60H61BN2/c1-37-28-54-56-55(29-37)63(52-34-47-44(30-39(52)3)59(8,9)36-60(47,10)11)53-35-46-45(57(4,5)26-27-58(46,6)7)33-49(53)61(56)48-31-42(40-18-14-12-15-19-40)24-25-50(48)62(54)51-32-43(23-22-38(51)2)41-20-16-13-17-21-41/h12-25,28-35H,26-27,36H2,1-11H3/i1D3. The minimum Gasteiger partial charge on any atom is -0.311 e. The summed E-state index contributed by atoms with van der Waals surface area (Å²) in [6.45, 7) is 21.2. The van der Waals surface area contributed by atoms with Crippen molar-refractivity contribution < 1.29 is 4.11 Å². The zero-order valence-corrected chi connectivity index (χ0v) is 38.8. The number of rotatable bonds is 4. The topological polar surface area (TPSA) is 6.48 Å². The molecule has 4 aliphatic rings. The highest BCUT2D eigenvalue weighted by atomic mass is 15.2. The fourth-order valence-electron chi connectivity index (χ4n) is 12.4. The maximum absolute atomic E-state index is 9.13. The molecule has 0 bridgehead atoms. The van der Waals surface area contributed by atoms with Crippen molar-refractivity contribution in [2.75, 3.05) is 9.80 Å². The normalized spacial score (nSPS) is 18.9. The van der Waals surface area contributed by atoms with Gasteiger partial charge in [0, 0.05) is 38.2 Å². The van der Waals surface area contributed by atoms with Crippen LogP contribution in [0.15, 0.2) is 133 Å². The van der Waals surface area contributed by atoms with Gasteiger partial charge in [0.15, 0.2) is 0 Å². The molecule has 2 aliphatic carbocycles. The molecule has 2 heterocycles. The third kappa shape index (κ3) is 6.05. The summed E-state index contributed by atoms with van der Waals surface area (Å²) >= 11 is 0. The summed E-state index contributed by atoms with van der Waals surface area (Å²) in [5, 5.41) is 0. The van der Waals surface area contributed by atoms with Crippen LogP contribution in [0.2, 0.25) is 0 Å². The van der Waals surface area contributed by atoms with Gasteiger partial charge >= 0.3 is 0 Å². The minimum atomic E-state index is -2.36. The van der Waals surface area contributed by atoms with Crippen LogP contribution in [-0.2, 0) is 21.7 Å². The molecule has 11 rings (SSSR count). The Morgan fingerprint density at radius 1 is 0.429 bits per heavy atom. The Morgan fingerprint density at radius 3 is 1.54 bits per heavy atom. The fourth-order valence-corrected chi connectivity index (χ4v) is 12.4. The van der Waals surface area contributed by atoms with E-state index in [1.165, 1.54) is 44.3 Å². The lowest BCUT2D eigenvalue weighted by Crippen LogP contribution is -2.62. The summed E-state index contributed by atoms with van der Waals surface area (Å²) in [5.41, 5.74) is 22.7. The molecule has 7 aromatic rings. The van der Waals surface area contributed by atoms with Crippen molar-refractivity contribution in [1.82, 2.24) is 0 Å². The van der Waals surface area contributed by atoms with Crippen LogP contribution in [0, 0.1) is 20.7 Å². The van der Waals surface area contributed by atoms with Gasteiger partial charge in [-0.2, -0.15) is 0 Å². The monoisotopic (exact) mass is 824 g/mol. The van der Waals surface area contributed by atoms with E-state index in [9.17, 15) is 0 Å². The van der Waals surface area contributed by atoms with E-state index >= 15 is 0 Å². The lowest BCUT2D eigenvalue weighted by atomic mass is 9.33. The first-order chi connectivity index (χ1) is 31.1. The van der Waals surface area contributed by atoms with Crippen LogP contribution in [0.1, 0.15) is 118 Å². The van der Waals surface area contributed by atoms with E-state index < -0.39 is 6.85 Å². The van der Waals surface area contributed by atoms with E-state index in [4.69, 9.17) is 4.11 Å². The summed E-state index contributed by atoms with van der Waals surface area (Å²) in [6.07, 6.45) is 3.27. The second-order valence-electron chi connectivity index (χ2n) is 21.9. The largest absolute Gasteiger partial charge is 0.311 e. The highest BCUT2D eigenvalue weighted by Gasteiger charge is 2.48. The number of hydrogen-bond donors (Lipinski definition) is 0. The van der Waals surface area contributed by atoms with Gasteiger partial charge in [-0.25, -0.2) is 0 Å². The first-order valence-electron chi connectivity index (χ1n) is 24.6. The van der Waals surface area contributed by atoms with Gasteiger partial charge in [-0.3, -0.25) is 0 Å². The quantitative estimate of drug-likeness (QED) is 0.163. The zero-order chi connectivity index (χ0) is 46.5. The van der Waals surface area contributed by atoms with E-state index in [0.29, 0.717) is 5.56 Å². The van der Waals surface area contributed by atoms with Crippen molar-refractivity contribution in [3.05, 3.63) is 172 Å². The second kappa shape index (κ2) is 13.6. The molecular formula is C60H61BN2. The average molecular weight is 824 g/mol. The van der Waals surface area contributed by atoms with Gasteiger partial charge in [-0.05, 0) is 176 Å². The predicted octanol–water partition coefficient (Wildman–Crippen LogP) is 14.3. The van der Waals surface area contributed by atoms with Crippen molar-refractivity contribution in [3.8, 4) is 22.3 Å². The SMILES string of the molecule is [2H]C([2H])([2H])c1cc2c3c(c1)N(c1cc4c(cc1C)C(C)(C)CC4(C)C)c1cc4c(cc1B3c1cc(-c3ccccc3)ccc1N2c1cc(-c2ccccc2)ccc1C)C(C)(C)CCC4(C)C. The molecule has 0 spiro atoms.